The Bertz CT molecular complexity index is 974. The first-order valence-electron chi connectivity index (χ1n) is 9.69. The molecule has 1 heterocycles. The van der Waals surface area contributed by atoms with Crippen LogP contribution in [-0.4, -0.2) is 17.4 Å². The Labute approximate surface area is 177 Å². The summed E-state index contributed by atoms with van der Waals surface area (Å²) < 4.78 is 0. The van der Waals surface area contributed by atoms with Crippen LogP contribution in [0, 0.1) is 10.8 Å². The molecule has 0 N–H and O–H groups in total. The summed E-state index contributed by atoms with van der Waals surface area (Å²) in [5.74, 6) is -0.160. The molecule has 0 unspecified atom stereocenters. The van der Waals surface area contributed by atoms with E-state index in [1.165, 1.54) is 5.01 Å². The molecule has 1 aromatic rings. The van der Waals surface area contributed by atoms with Gasteiger partial charge in [-0.1, -0.05) is 53.1 Å². The third kappa shape index (κ3) is 3.99. The van der Waals surface area contributed by atoms with Crippen molar-refractivity contribution < 1.29 is 9.59 Å². The standard InChI is InChI=1S/C24H27ClN2O2/c1-14-20(22(29)27(26-14)17-10-8-16(25)9-11-17)15-12-18(23(2,3)4)21(28)19(13-15)24(5,6)7/h8-13H,1-7H3. The van der Waals surface area contributed by atoms with Crippen LogP contribution < -0.4 is 5.01 Å². The van der Waals surface area contributed by atoms with Gasteiger partial charge in [-0.15, -0.1) is 0 Å². The number of carbonyl (C=O) groups excluding carboxylic acids is 2. The summed E-state index contributed by atoms with van der Waals surface area (Å²) in [4.78, 5) is 26.4. The van der Waals surface area contributed by atoms with Gasteiger partial charge in [0.05, 0.1) is 17.0 Å². The van der Waals surface area contributed by atoms with E-state index in [2.05, 4.69) is 5.10 Å². The first-order chi connectivity index (χ1) is 13.3. The van der Waals surface area contributed by atoms with Gasteiger partial charge < -0.3 is 0 Å². The van der Waals surface area contributed by atoms with E-state index in [0.29, 0.717) is 33.1 Å². The number of halogens is 1. The number of anilines is 1. The van der Waals surface area contributed by atoms with Crippen molar-refractivity contribution in [3.63, 3.8) is 0 Å². The van der Waals surface area contributed by atoms with Crippen molar-refractivity contribution in [2.24, 2.45) is 15.9 Å². The Morgan fingerprint density at radius 1 is 0.862 bits per heavy atom. The number of Topliss-reactive ketones (excluding diaryl/α,β-unsaturated/α-hetero) is 1. The molecule has 152 valence electrons. The molecular weight excluding hydrogens is 384 g/mol. The predicted octanol–water partition coefficient (Wildman–Crippen LogP) is 5.89. The summed E-state index contributed by atoms with van der Waals surface area (Å²) in [6.45, 7) is 13.9. The summed E-state index contributed by atoms with van der Waals surface area (Å²) >= 11 is 5.97. The van der Waals surface area contributed by atoms with E-state index in [-0.39, 0.29) is 22.5 Å². The number of hydrogen-bond acceptors (Lipinski definition) is 3. The molecule has 0 atom stereocenters. The molecule has 0 saturated heterocycles. The maximum absolute atomic E-state index is 13.3. The quantitative estimate of drug-likeness (QED) is 0.542. The van der Waals surface area contributed by atoms with Crippen LogP contribution in [0.5, 0.6) is 0 Å². The molecule has 4 nitrogen and oxygen atoms in total. The van der Waals surface area contributed by atoms with Gasteiger partial charge in [0.2, 0.25) is 0 Å². The van der Waals surface area contributed by atoms with Crippen LogP contribution in [0.25, 0.3) is 0 Å². The molecule has 0 aromatic heterocycles. The Morgan fingerprint density at radius 3 is 1.79 bits per heavy atom. The van der Waals surface area contributed by atoms with Crippen molar-refractivity contribution in [3.8, 4) is 0 Å². The summed E-state index contributed by atoms with van der Waals surface area (Å²) in [6, 6.07) is 6.99. The van der Waals surface area contributed by atoms with Crippen molar-refractivity contribution in [2.45, 2.75) is 48.5 Å². The zero-order chi connectivity index (χ0) is 21.7. The van der Waals surface area contributed by atoms with Gasteiger partial charge in [0.25, 0.3) is 5.91 Å². The number of rotatable bonds is 1. The molecule has 5 heteroatoms. The normalized spacial score (nSPS) is 18.2. The molecular formula is C24H27ClN2O2. The number of hydrazone groups is 1. The Balaban J connectivity index is 2.17. The number of nitrogens with zero attached hydrogens (tertiary/aromatic N) is 2. The minimum atomic E-state index is -0.337. The maximum Gasteiger partial charge on any atom is 0.281 e. The van der Waals surface area contributed by atoms with E-state index in [4.69, 9.17) is 11.6 Å². The highest BCUT2D eigenvalue weighted by Gasteiger charge is 2.37. The lowest BCUT2D eigenvalue weighted by molar-refractivity contribution is -0.115. The zero-order valence-electron chi connectivity index (χ0n) is 18.1. The number of ketones is 1. The lowest BCUT2D eigenvalue weighted by atomic mass is 9.71. The lowest BCUT2D eigenvalue weighted by Gasteiger charge is -2.31. The number of allylic oxidation sites excluding steroid dienone is 5. The number of carbonyl (C=O) groups is 2. The average Bonchev–Trinajstić information content (AvgIpc) is 2.88. The Morgan fingerprint density at radius 2 is 1.34 bits per heavy atom. The third-order valence-corrected chi connectivity index (χ3v) is 5.33. The monoisotopic (exact) mass is 410 g/mol. The molecule has 1 aliphatic carbocycles. The second kappa shape index (κ2) is 7.10. The van der Waals surface area contributed by atoms with Crippen LogP contribution in [-0.2, 0) is 9.59 Å². The summed E-state index contributed by atoms with van der Waals surface area (Å²) in [7, 11) is 0. The van der Waals surface area contributed by atoms with Gasteiger partial charge >= 0.3 is 0 Å². The van der Waals surface area contributed by atoms with E-state index < -0.39 is 0 Å². The smallest absolute Gasteiger partial charge is 0.281 e. The van der Waals surface area contributed by atoms with Crippen molar-refractivity contribution in [3.05, 3.63) is 63.7 Å². The maximum atomic E-state index is 13.3. The first kappa shape index (κ1) is 21.3. The molecule has 0 bridgehead atoms. The minimum Gasteiger partial charge on any atom is -0.289 e. The molecule has 3 rings (SSSR count). The van der Waals surface area contributed by atoms with Crippen LogP contribution in [0.4, 0.5) is 5.69 Å². The molecule has 2 aliphatic rings. The van der Waals surface area contributed by atoms with E-state index in [1.54, 1.807) is 24.3 Å². The van der Waals surface area contributed by atoms with E-state index in [0.717, 1.165) is 5.57 Å². The van der Waals surface area contributed by atoms with Gasteiger partial charge in [-0.05, 0) is 59.7 Å². The summed E-state index contributed by atoms with van der Waals surface area (Å²) in [6.07, 6.45) is 3.71. The number of hydrogen-bond donors (Lipinski definition) is 0. The van der Waals surface area contributed by atoms with Crippen LogP contribution in [0.1, 0.15) is 48.5 Å². The predicted molar refractivity (Wildman–Crippen MR) is 119 cm³/mol. The van der Waals surface area contributed by atoms with E-state index in [1.807, 2.05) is 60.6 Å². The van der Waals surface area contributed by atoms with Gasteiger partial charge in [0, 0.05) is 16.2 Å². The molecule has 1 aliphatic heterocycles. The highest BCUT2D eigenvalue weighted by Crippen LogP contribution is 2.40. The second-order valence-electron chi connectivity index (χ2n) is 9.55. The minimum absolute atomic E-state index is 0.0453. The van der Waals surface area contributed by atoms with Crippen LogP contribution in [0.3, 0.4) is 0 Å². The fraction of sp³-hybridized carbons (Fsp3) is 0.375. The third-order valence-electron chi connectivity index (χ3n) is 5.08. The number of benzene rings is 1. The fourth-order valence-electron chi connectivity index (χ4n) is 3.48. The van der Waals surface area contributed by atoms with Gasteiger partial charge in [-0.3, -0.25) is 9.59 Å². The molecule has 0 fully saturated rings. The molecule has 0 saturated carbocycles. The highest BCUT2D eigenvalue weighted by atomic mass is 35.5. The van der Waals surface area contributed by atoms with Crippen molar-refractivity contribution >= 4 is 34.7 Å². The van der Waals surface area contributed by atoms with Gasteiger partial charge in [0.15, 0.2) is 5.78 Å². The zero-order valence-corrected chi connectivity index (χ0v) is 18.8. The van der Waals surface area contributed by atoms with Gasteiger partial charge in [-0.2, -0.15) is 10.1 Å². The van der Waals surface area contributed by atoms with Crippen LogP contribution >= 0.6 is 11.6 Å². The fourth-order valence-corrected chi connectivity index (χ4v) is 3.61. The molecule has 29 heavy (non-hydrogen) atoms. The summed E-state index contributed by atoms with van der Waals surface area (Å²) in [5, 5.41) is 6.46. The van der Waals surface area contributed by atoms with Gasteiger partial charge in [0.1, 0.15) is 0 Å². The Kier molecular flexibility index (Phi) is 5.20. The topological polar surface area (TPSA) is 49.7 Å². The van der Waals surface area contributed by atoms with Crippen LogP contribution in [0.15, 0.2) is 63.8 Å². The van der Waals surface area contributed by atoms with Gasteiger partial charge in [-0.25, -0.2) is 0 Å². The average molecular weight is 411 g/mol. The SMILES string of the molecule is CC1=NN(c2ccc(Cl)cc2)C(=O)C1=C1C=C(C(C)(C)C)C(=O)C(C(C)(C)C)=C1. The van der Waals surface area contributed by atoms with Crippen molar-refractivity contribution in [2.75, 3.05) is 5.01 Å². The second-order valence-corrected chi connectivity index (χ2v) is 9.99. The van der Waals surface area contributed by atoms with E-state index in [9.17, 15) is 9.59 Å². The number of amides is 1. The van der Waals surface area contributed by atoms with E-state index >= 15 is 0 Å². The summed E-state index contributed by atoms with van der Waals surface area (Å²) in [5.41, 5.74) is 3.28. The molecule has 0 radical (unpaired) electrons. The highest BCUT2D eigenvalue weighted by molar-refractivity contribution is 6.32. The van der Waals surface area contributed by atoms with Crippen molar-refractivity contribution in [1.82, 2.24) is 0 Å². The van der Waals surface area contributed by atoms with Crippen LogP contribution in [0.2, 0.25) is 5.02 Å². The Hall–Kier alpha value is -2.46. The first-order valence-corrected chi connectivity index (χ1v) is 10.1. The molecule has 1 aromatic carbocycles. The molecule has 1 amide bonds. The lowest BCUT2D eigenvalue weighted by Crippen LogP contribution is -2.29. The van der Waals surface area contributed by atoms with Crippen molar-refractivity contribution in [1.29, 1.82) is 0 Å². The molecule has 0 spiro atoms. The largest absolute Gasteiger partial charge is 0.289 e.